The molecule has 5 heterocycles. The van der Waals surface area contributed by atoms with Gasteiger partial charge in [-0.15, -0.1) is 0 Å². The molecule has 0 unspecified atom stereocenters. The number of aromatic nitrogens is 8. The van der Waals surface area contributed by atoms with Gasteiger partial charge in [0.1, 0.15) is 34.1 Å². The number of rotatable bonds is 8. The van der Waals surface area contributed by atoms with Crippen LogP contribution >= 0.6 is 0 Å². The molecule has 3 aromatic heterocycles. The number of hydrogen-bond acceptors (Lipinski definition) is 10. The quantitative estimate of drug-likeness (QED) is 0.106. The van der Waals surface area contributed by atoms with Gasteiger partial charge in [-0.3, -0.25) is 4.55 Å². The van der Waals surface area contributed by atoms with Crippen LogP contribution in [0.3, 0.4) is 0 Å². The zero-order chi connectivity index (χ0) is 35.4. The van der Waals surface area contributed by atoms with E-state index in [9.17, 15) is 8.42 Å². The highest BCUT2D eigenvalue weighted by molar-refractivity contribution is 7.85. The molecule has 0 amide bonds. The molecule has 3 N–H and O–H groups in total. The van der Waals surface area contributed by atoms with Crippen molar-refractivity contribution in [3.63, 3.8) is 0 Å². The maximum Gasteiger partial charge on any atom is 0.264 e. The van der Waals surface area contributed by atoms with Crippen molar-refractivity contribution in [2.45, 2.75) is 19.8 Å². The fourth-order valence-electron chi connectivity index (χ4n) is 6.48. The number of hydrogen-bond donors (Lipinski definition) is 3. The van der Waals surface area contributed by atoms with Gasteiger partial charge in [0.15, 0.2) is 23.3 Å². The molecule has 0 spiro atoms. The summed E-state index contributed by atoms with van der Waals surface area (Å²) in [6.45, 7) is 2.75. The van der Waals surface area contributed by atoms with Crippen molar-refractivity contribution in [1.82, 2.24) is 39.9 Å². The number of nitrogens with one attached hydrogen (secondary N) is 2. The molecule has 0 atom stereocenters. The summed E-state index contributed by atoms with van der Waals surface area (Å²) in [6, 6.07) is 27.0. The van der Waals surface area contributed by atoms with Crippen LogP contribution in [0.2, 0.25) is 0 Å². The normalized spacial score (nSPS) is 12.2. The zero-order valence-electron chi connectivity index (χ0n) is 27.8. The van der Waals surface area contributed by atoms with Crippen LogP contribution in [-0.4, -0.2) is 71.8 Å². The molecular formula is C38H30N8O5S. The van der Waals surface area contributed by atoms with Crippen LogP contribution in [0.4, 0.5) is 0 Å². The molecule has 0 saturated heterocycles. The third-order valence-electron chi connectivity index (χ3n) is 8.88. The van der Waals surface area contributed by atoms with E-state index >= 15 is 0 Å². The topological polar surface area (TPSA) is 182 Å². The summed E-state index contributed by atoms with van der Waals surface area (Å²) in [4.78, 5) is 37.0. The fraction of sp³-hybridized carbons (Fsp3) is 0.158. The molecule has 14 heteroatoms. The van der Waals surface area contributed by atoms with Crippen LogP contribution in [0, 0.1) is 0 Å². The summed E-state index contributed by atoms with van der Waals surface area (Å²) >= 11 is 0. The van der Waals surface area contributed by atoms with Crippen molar-refractivity contribution in [2.24, 2.45) is 0 Å². The second kappa shape index (κ2) is 12.5. The fourth-order valence-corrected chi connectivity index (χ4v) is 6.96. The lowest BCUT2D eigenvalue weighted by atomic mass is 10.1. The van der Waals surface area contributed by atoms with Crippen molar-refractivity contribution in [3.8, 4) is 57.1 Å². The molecule has 2 aliphatic rings. The van der Waals surface area contributed by atoms with Gasteiger partial charge in [-0.05, 0) is 49.2 Å². The Hall–Kier alpha value is -6.25. The Labute approximate surface area is 296 Å². The van der Waals surface area contributed by atoms with E-state index in [1.54, 1.807) is 6.07 Å². The van der Waals surface area contributed by atoms with Crippen molar-refractivity contribution in [1.29, 1.82) is 0 Å². The summed E-state index contributed by atoms with van der Waals surface area (Å²) in [5, 5.41) is 3.41. The second-order valence-electron chi connectivity index (χ2n) is 12.5. The highest BCUT2D eigenvalue weighted by atomic mass is 32.2. The van der Waals surface area contributed by atoms with E-state index in [4.69, 9.17) is 43.9 Å². The Bertz CT molecular complexity index is 2850. The molecule has 13 nitrogen and oxygen atoms in total. The average molecular weight is 711 g/mol. The van der Waals surface area contributed by atoms with Gasteiger partial charge in [0.05, 0.1) is 19.0 Å². The Morgan fingerprint density at radius 3 is 1.37 bits per heavy atom. The summed E-state index contributed by atoms with van der Waals surface area (Å²) in [5.74, 6) is 2.66. The smallest absolute Gasteiger partial charge is 0.264 e. The summed E-state index contributed by atoms with van der Waals surface area (Å²) in [6.07, 6.45) is 1.01. The largest absolute Gasteiger partial charge is 0.494 e. The van der Waals surface area contributed by atoms with E-state index in [2.05, 4.69) is 16.9 Å². The molecule has 7 aromatic rings. The predicted molar refractivity (Wildman–Crippen MR) is 198 cm³/mol. The first-order valence-corrected chi connectivity index (χ1v) is 18.4. The minimum atomic E-state index is -4.09. The Kier molecular flexibility index (Phi) is 7.63. The first-order valence-electron chi connectivity index (χ1n) is 16.8. The Morgan fingerprint density at radius 2 is 0.962 bits per heavy atom. The van der Waals surface area contributed by atoms with Gasteiger partial charge in [0.2, 0.25) is 0 Å². The lowest BCUT2D eigenvalue weighted by molar-refractivity contribution is 0.316. The Morgan fingerprint density at radius 1 is 0.558 bits per heavy atom. The van der Waals surface area contributed by atoms with Crippen LogP contribution in [0.15, 0.2) is 84.9 Å². The van der Waals surface area contributed by atoms with E-state index in [1.807, 2.05) is 78.9 Å². The standard InChI is InChI=1S/C38H30N8O5S/c1-2-16-50-21-12-14-27-29(19-21)37-43-33-25-10-5-3-8-23(25)32(39-33)42-36-28-15-13-22(51-17-7-18-52(47,48)49)20-30(28)38(46-36)44-34-26-11-6-4-9-24(26)31(40-34)41-35(27)45-37/h3-6,8-15,19-20H,2,7,16-18H2,1H3,(H,47,48,49)(H2,39,40,41,42,43,44,45,46). The van der Waals surface area contributed by atoms with Crippen molar-refractivity contribution >= 4 is 54.3 Å². The lowest BCUT2D eigenvalue weighted by Gasteiger charge is -2.07. The average Bonchev–Trinajstić information content (AvgIpc) is 3.87. The van der Waals surface area contributed by atoms with E-state index < -0.39 is 15.9 Å². The van der Waals surface area contributed by atoms with Crippen molar-refractivity contribution in [3.05, 3.63) is 84.9 Å². The zero-order valence-corrected chi connectivity index (χ0v) is 28.6. The maximum absolute atomic E-state index is 11.2. The highest BCUT2D eigenvalue weighted by Crippen LogP contribution is 2.39. The number of nitrogens with zero attached hydrogens (tertiary/aromatic N) is 6. The van der Waals surface area contributed by atoms with Gasteiger partial charge in [0.25, 0.3) is 10.1 Å². The van der Waals surface area contributed by atoms with Crippen LogP contribution in [-0.2, 0) is 10.1 Å². The number of ether oxygens (including phenoxy) is 2. The first-order chi connectivity index (χ1) is 25.3. The van der Waals surface area contributed by atoms with E-state index in [-0.39, 0.29) is 13.0 Å². The first kappa shape index (κ1) is 31.7. The number of fused-ring (bicyclic) bond motifs is 20. The number of H-pyrrole nitrogens is 2. The molecule has 9 rings (SSSR count). The van der Waals surface area contributed by atoms with E-state index in [1.165, 1.54) is 0 Å². The predicted octanol–water partition coefficient (Wildman–Crippen LogP) is 7.31. The van der Waals surface area contributed by atoms with Gasteiger partial charge in [-0.1, -0.05) is 55.5 Å². The van der Waals surface area contributed by atoms with Gasteiger partial charge in [-0.2, -0.15) is 8.42 Å². The molecule has 4 aromatic carbocycles. The summed E-state index contributed by atoms with van der Waals surface area (Å²) < 4.78 is 43.4. The molecule has 8 bridgehead atoms. The third kappa shape index (κ3) is 5.77. The molecular weight excluding hydrogens is 681 g/mol. The van der Waals surface area contributed by atoms with E-state index in [0.717, 1.165) is 50.4 Å². The molecule has 0 radical (unpaired) electrons. The van der Waals surface area contributed by atoms with Crippen LogP contribution < -0.4 is 9.47 Å². The van der Waals surface area contributed by atoms with Crippen molar-refractivity contribution in [2.75, 3.05) is 19.0 Å². The van der Waals surface area contributed by atoms with Gasteiger partial charge in [-0.25, -0.2) is 29.9 Å². The molecule has 258 valence electrons. The highest BCUT2D eigenvalue weighted by Gasteiger charge is 2.23. The summed E-state index contributed by atoms with van der Waals surface area (Å²) in [5.41, 5.74) is 5.33. The van der Waals surface area contributed by atoms with Gasteiger partial charge < -0.3 is 19.4 Å². The van der Waals surface area contributed by atoms with Crippen LogP contribution in [0.25, 0.3) is 89.7 Å². The van der Waals surface area contributed by atoms with Crippen LogP contribution in [0.5, 0.6) is 11.5 Å². The van der Waals surface area contributed by atoms with Crippen molar-refractivity contribution < 1.29 is 22.4 Å². The van der Waals surface area contributed by atoms with Crippen LogP contribution in [0.1, 0.15) is 19.8 Å². The maximum atomic E-state index is 11.2. The molecule has 0 aliphatic carbocycles. The molecule has 0 saturated carbocycles. The number of benzene rings is 4. The van der Waals surface area contributed by atoms with E-state index in [0.29, 0.717) is 63.8 Å². The minimum absolute atomic E-state index is 0.0924. The molecule has 52 heavy (non-hydrogen) atoms. The third-order valence-corrected chi connectivity index (χ3v) is 9.68. The number of aromatic amines is 2. The second-order valence-corrected chi connectivity index (χ2v) is 14.0. The summed E-state index contributed by atoms with van der Waals surface area (Å²) in [7, 11) is -4.09. The minimum Gasteiger partial charge on any atom is -0.494 e. The monoisotopic (exact) mass is 710 g/mol. The lowest BCUT2D eigenvalue weighted by Crippen LogP contribution is -2.08. The SMILES string of the molecule is CCCOc1ccc2c(c1)-c1nc-2nc2[nH]c(nc3nc(nc4[nH]c(n1)c1ccccc41)-c1ccc(OCCCS(=O)(=O)O)cc1-3)c1ccccc21. The molecule has 0 fully saturated rings. The van der Waals surface area contributed by atoms with Gasteiger partial charge >= 0.3 is 0 Å². The molecule has 2 aliphatic heterocycles. The Balaban J connectivity index is 1.31. The van der Waals surface area contributed by atoms with Gasteiger partial charge in [0, 0.05) is 43.8 Å².